The average Bonchev–Trinajstić information content (AvgIpc) is 3.76. The van der Waals surface area contributed by atoms with E-state index < -0.39 is 42.5 Å². The van der Waals surface area contributed by atoms with Gasteiger partial charge in [0.05, 0.1) is 26.4 Å². The van der Waals surface area contributed by atoms with Crippen molar-refractivity contribution in [3.8, 4) is 52.2 Å². The van der Waals surface area contributed by atoms with Gasteiger partial charge in [-0.25, -0.2) is 4.79 Å². The number of rotatable bonds is 9. The molecule has 5 atom stereocenters. The largest absolute Gasteiger partial charge is 0.493 e. The van der Waals surface area contributed by atoms with Crippen molar-refractivity contribution < 1.29 is 56.9 Å². The van der Waals surface area contributed by atoms with E-state index in [0.29, 0.717) is 56.2 Å². The quantitative estimate of drug-likeness (QED) is 0.191. The highest BCUT2D eigenvalue weighted by molar-refractivity contribution is 6.14. The maximum absolute atomic E-state index is 13.5. The molecule has 0 amide bonds. The highest BCUT2D eigenvalue weighted by Gasteiger charge is 2.56. The van der Waals surface area contributed by atoms with Crippen LogP contribution in [0.3, 0.4) is 0 Å². The van der Waals surface area contributed by atoms with E-state index in [0.717, 1.165) is 5.56 Å². The van der Waals surface area contributed by atoms with E-state index in [1.54, 1.807) is 21.3 Å². The molecule has 12 heteroatoms. The van der Waals surface area contributed by atoms with Crippen molar-refractivity contribution in [2.75, 3.05) is 41.3 Å². The van der Waals surface area contributed by atoms with Crippen LogP contribution >= 0.6 is 0 Å². The second kappa shape index (κ2) is 11.8. The van der Waals surface area contributed by atoms with Crippen molar-refractivity contribution in [3.63, 3.8) is 0 Å². The summed E-state index contributed by atoms with van der Waals surface area (Å²) in [6.45, 7) is 3.97. The number of esters is 1. The van der Waals surface area contributed by atoms with Gasteiger partial charge in [0.25, 0.3) is 0 Å². The summed E-state index contributed by atoms with van der Waals surface area (Å²) in [5.41, 5.74) is 2.25. The molecule has 12 nitrogen and oxygen atoms in total. The Balaban J connectivity index is 1.39. The van der Waals surface area contributed by atoms with Gasteiger partial charge in [-0.3, -0.25) is 0 Å². The van der Waals surface area contributed by atoms with E-state index >= 15 is 0 Å². The van der Waals surface area contributed by atoms with Crippen molar-refractivity contribution in [3.05, 3.63) is 41.5 Å². The van der Waals surface area contributed by atoms with Crippen LogP contribution in [0.15, 0.2) is 30.3 Å². The summed E-state index contributed by atoms with van der Waals surface area (Å²) in [6.07, 6.45) is 2.03. The van der Waals surface area contributed by atoms with Crippen LogP contribution in [-0.4, -0.2) is 83.8 Å². The van der Waals surface area contributed by atoms with Crippen LogP contribution in [0.2, 0.25) is 0 Å². The van der Waals surface area contributed by atoms with Crippen molar-refractivity contribution in [2.24, 2.45) is 0 Å². The van der Waals surface area contributed by atoms with E-state index in [2.05, 4.69) is 5.92 Å². The van der Waals surface area contributed by atoms with Gasteiger partial charge in [-0.2, -0.15) is 0 Å². The molecule has 3 aromatic rings. The smallest absolute Gasteiger partial charge is 0.339 e. The number of ether oxygens (including phenoxy) is 11. The zero-order chi connectivity index (χ0) is 32.2. The lowest BCUT2D eigenvalue weighted by atomic mass is 9.89. The maximum Gasteiger partial charge on any atom is 0.339 e. The fraction of sp³-hybridized carbons (Fsp3) is 0.441. The minimum Gasteiger partial charge on any atom is -0.493 e. The lowest BCUT2D eigenvalue weighted by molar-refractivity contribution is -0.262. The van der Waals surface area contributed by atoms with Gasteiger partial charge < -0.3 is 52.1 Å². The first kappa shape index (κ1) is 30.4. The van der Waals surface area contributed by atoms with Gasteiger partial charge in [0.2, 0.25) is 13.1 Å². The molecule has 0 bridgehead atoms. The topological polar surface area (TPSA) is 119 Å². The number of methoxy groups -OCH3 is 3. The highest BCUT2D eigenvalue weighted by atomic mass is 16.8. The number of carbonyl (C=O) groups is 1. The van der Waals surface area contributed by atoms with Gasteiger partial charge in [-0.1, -0.05) is 12.0 Å². The number of carbonyl (C=O) groups excluding carboxylic acids is 1. The summed E-state index contributed by atoms with van der Waals surface area (Å²) in [4.78, 5) is 13.5. The van der Waals surface area contributed by atoms with Crippen molar-refractivity contribution >= 4 is 16.7 Å². The summed E-state index contributed by atoms with van der Waals surface area (Å²) >= 11 is 0. The molecule has 46 heavy (non-hydrogen) atoms. The first-order valence-corrected chi connectivity index (χ1v) is 14.8. The van der Waals surface area contributed by atoms with Crippen molar-refractivity contribution in [1.29, 1.82) is 0 Å². The Morgan fingerprint density at radius 1 is 0.935 bits per heavy atom. The SMILES string of the molecule is C#CCOCC1OC(Oc2c3c(c(-c4ccc5c(c4)OCO5)c4cc(OC)c(OC)cc24)C(=O)OC3)C(OC)C2OC(C)(C)OC12. The average molecular weight is 635 g/mol. The van der Waals surface area contributed by atoms with Gasteiger partial charge in [-0.15, -0.1) is 6.42 Å². The molecule has 5 unspecified atom stereocenters. The van der Waals surface area contributed by atoms with Gasteiger partial charge in [0, 0.05) is 23.6 Å². The molecule has 0 aromatic heterocycles. The second-order valence-corrected chi connectivity index (χ2v) is 11.6. The first-order chi connectivity index (χ1) is 22.3. The van der Waals surface area contributed by atoms with E-state index in [1.165, 1.54) is 0 Å². The standard InChI is InChI=1S/C34H34O12/c1-7-10-39-15-25-29-30(46-34(2,3)45-29)31(38-6)33(43-25)44-28-19-13-23(37-5)22(36-4)12-18(19)26(27-20(28)14-40-32(27)35)17-8-9-21-24(11-17)42-16-41-21/h1,8-9,11-13,25,29-31,33H,10,14-16H2,2-6H3. The molecule has 7 rings (SSSR count). The molecular weight excluding hydrogens is 600 g/mol. The van der Waals surface area contributed by atoms with Crippen LogP contribution < -0.4 is 23.7 Å². The molecule has 4 aliphatic rings. The van der Waals surface area contributed by atoms with Crippen LogP contribution in [0.5, 0.6) is 28.7 Å². The number of benzene rings is 3. The van der Waals surface area contributed by atoms with E-state index in [9.17, 15) is 4.79 Å². The van der Waals surface area contributed by atoms with Gasteiger partial charge in [0.15, 0.2) is 28.8 Å². The molecule has 4 aliphatic heterocycles. The Bertz CT molecular complexity index is 1730. The summed E-state index contributed by atoms with van der Waals surface area (Å²) in [7, 11) is 4.65. The molecule has 4 heterocycles. The lowest BCUT2D eigenvalue weighted by Gasteiger charge is -2.41. The van der Waals surface area contributed by atoms with Crippen molar-refractivity contribution in [1.82, 2.24) is 0 Å². The Morgan fingerprint density at radius 3 is 2.41 bits per heavy atom. The second-order valence-electron chi connectivity index (χ2n) is 11.6. The molecule has 2 saturated heterocycles. The van der Waals surface area contributed by atoms with Gasteiger partial charge in [0.1, 0.15) is 43.4 Å². The Labute approximate surface area is 265 Å². The molecule has 3 aromatic carbocycles. The molecule has 2 fully saturated rings. The lowest BCUT2D eigenvalue weighted by Crippen LogP contribution is -2.59. The van der Waals surface area contributed by atoms with Crippen LogP contribution in [0, 0.1) is 12.3 Å². The minimum atomic E-state index is -1.00. The molecule has 0 N–H and O–H groups in total. The maximum atomic E-state index is 13.5. The third-order valence-electron chi connectivity index (χ3n) is 8.48. The number of hydrogen-bond donors (Lipinski definition) is 0. The first-order valence-electron chi connectivity index (χ1n) is 14.8. The highest BCUT2D eigenvalue weighted by Crippen LogP contribution is 2.50. The third kappa shape index (κ3) is 5.05. The number of cyclic esters (lactones) is 1. The van der Waals surface area contributed by atoms with Crippen LogP contribution in [-0.2, 0) is 35.0 Å². The number of terminal acetylenes is 1. The zero-order valence-electron chi connectivity index (χ0n) is 26.1. The van der Waals surface area contributed by atoms with Crippen LogP contribution in [0.25, 0.3) is 21.9 Å². The van der Waals surface area contributed by atoms with Crippen LogP contribution in [0.1, 0.15) is 29.8 Å². The fourth-order valence-electron chi connectivity index (χ4n) is 6.56. The predicted octanol–water partition coefficient (Wildman–Crippen LogP) is 4.21. The number of hydrogen-bond acceptors (Lipinski definition) is 12. The van der Waals surface area contributed by atoms with Gasteiger partial charge in [-0.05, 0) is 49.1 Å². The van der Waals surface area contributed by atoms with Gasteiger partial charge >= 0.3 is 5.97 Å². The monoisotopic (exact) mass is 634 g/mol. The molecule has 0 spiro atoms. The molecule has 0 radical (unpaired) electrons. The Morgan fingerprint density at radius 2 is 1.67 bits per heavy atom. The van der Waals surface area contributed by atoms with E-state index in [1.807, 2.05) is 44.2 Å². The van der Waals surface area contributed by atoms with Crippen molar-refractivity contribution in [2.45, 2.75) is 56.9 Å². The molecule has 0 saturated carbocycles. The fourth-order valence-corrected chi connectivity index (χ4v) is 6.56. The molecular formula is C34H34O12. The molecule has 242 valence electrons. The molecule has 0 aliphatic carbocycles. The summed E-state index contributed by atoms with van der Waals surface area (Å²) in [5, 5.41) is 1.29. The Hall–Kier alpha value is -4.25. The van der Waals surface area contributed by atoms with E-state index in [4.69, 9.17) is 58.5 Å². The summed E-state index contributed by atoms with van der Waals surface area (Å²) in [5.74, 6) is 3.55. The normalized spacial score (nSPS) is 25.5. The number of fused-ring (bicyclic) bond motifs is 4. The Kier molecular flexibility index (Phi) is 7.83. The van der Waals surface area contributed by atoms with Crippen LogP contribution in [0.4, 0.5) is 0 Å². The zero-order valence-corrected chi connectivity index (χ0v) is 26.1. The summed E-state index contributed by atoms with van der Waals surface area (Å²) in [6, 6.07) is 9.14. The predicted molar refractivity (Wildman–Crippen MR) is 161 cm³/mol. The minimum absolute atomic E-state index is 0.0247. The summed E-state index contributed by atoms with van der Waals surface area (Å²) < 4.78 is 65.6. The third-order valence-corrected chi connectivity index (χ3v) is 8.48. The van der Waals surface area contributed by atoms with E-state index in [-0.39, 0.29) is 26.6 Å².